The van der Waals surface area contributed by atoms with Gasteiger partial charge in [-0.3, -0.25) is 0 Å². The van der Waals surface area contributed by atoms with E-state index in [0.29, 0.717) is 0 Å². The van der Waals surface area contributed by atoms with Crippen molar-refractivity contribution in [1.82, 2.24) is 9.13 Å². The van der Waals surface area contributed by atoms with E-state index in [0.717, 1.165) is 11.4 Å². The molecule has 10 aromatic carbocycles. The number of fused-ring (bicyclic) bond motifs is 6. The molecule has 0 aliphatic heterocycles. The van der Waals surface area contributed by atoms with Crippen LogP contribution in [0.15, 0.2) is 255 Å². The summed E-state index contributed by atoms with van der Waals surface area (Å²) >= 11 is 0. The summed E-state index contributed by atoms with van der Waals surface area (Å²) in [5.74, 6) is 0. The van der Waals surface area contributed by atoms with Gasteiger partial charge in [0.05, 0.1) is 22.1 Å². The summed E-state index contributed by atoms with van der Waals surface area (Å²) in [6, 6.07) is 94.3. The summed E-state index contributed by atoms with van der Waals surface area (Å²) in [5, 5.41) is 10.4. The summed E-state index contributed by atoms with van der Waals surface area (Å²) in [5.41, 5.74) is 11.9. The maximum absolute atomic E-state index is 2.82. The normalized spacial score (nSPS) is 11.8. The third kappa shape index (κ3) is 5.93. The Labute approximate surface area is 368 Å². The van der Waals surface area contributed by atoms with E-state index in [2.05, 4.69) is 264 Å². The Hall–Kier alpha value is -7.98. The van der Waals surface area contributed by atoms with Crippen LogP contribution in [-0.2, 0) is 0 Å². The van der Waals surface area contributed by atoms with Crippen LogP contribution in [0.4, 0.5) is 0 Å². The van der Waals surface area contributed by atoms with Gasteiger partial charge in [-0.2, -0.15) is 0 Å². The Kier molecular flexibility index (Phi) is 8.87. The van der Waals surface area contributed by atoms with Crippen molar-refractivity contribution in [3.8, 4) is 33.6 Å². The molecule has 0 fully saturated rings. The van der Waals surface area contributed by atoms with Crippen molar-refractivity contribution < 1.29 is 0 Å². The van der Waals surface area contributed by atoms with Crippen LogP contribution in [0.25, 0.3) is 77.2 Å². The van der Waals surface area contributed by atoms with Crippen molar-refractivity contribution in [1.29, 1.82) is 0 Å². The second kappa shape index (κ2) is 15.2. The molecule has 0 unspecified atom stereocenters. The van der Waals surface area contributed by atoms with Crippen molar-refractivity contribution in [3.05, 3.63) is 255 Å². The molecule has 0 aliphatic rings. The van der Waals surface area contributed by atoms with E-state index >= 15 is 0 Å². The van der Waals surface area contributed by atoms with E-state index in [4.69, 9.17) is 0 Å². The smallest absolute Gasteiger partial charge is 0.179 e. The first kappa shape index (κ1) is 36.8. The quantitative estimate of drug-likeness (QED) is 0.107. The summed E-state index contributed by atoms with van der Waals surface area (Å²) in [6.07, 6.45) is 0. The predicted octanol–water partition coefficient (Wildman–Crippen LogP) is 12.6. The standard InChI is InChI=1S/C60H42N2Si/c1-6-20-43(21-7-1)45-24-18-25-46(40-45)61-57-38-36-47(62-56-34-17-16-32-53(56)60-52(33-19-35-59(60)62)44-22-8-2-9-23-44)41-54(57)55-42-51(37-39-58(55)61)63(48-26-10-3-11-27-48,49-28-12-4-13-29-49)50-30-14-5-15-31-50/h1-42H. The monoisotopic (exact) mass is 818 g/mol. The van der Waals surface area contributed by atoms with Crippen LogP contribution < -0.4 is 20.7 Å². The number of hydrogen-bond acceptors (Lipinski definition) is 0. The molecule has 2 nitrogen and oxygen atoms in total. The second-order valence-corrected chi connectivity index (χ2v) is 20.3. The highest BCUT2D eigenvalue weighted by atomic mass is 28.3. The average Bonchev–Trinajstić information content (AvgIpc) is 3.88. The van der Waals surface area contributed by atoms with Crippen molar-refractivity contribution in [2.24, 2.45) is 0 Å². The third-order valence-corrected chi connectivity index (χ3v) is 17.8. The first-order valence-corrected chi connectivity index (χ1v) is 23.8. The molecule has 2 aromatic heterocycles. The zero-order chi connectivity index (χ0) is 41.7. The predicted molar refractivity (Wildman–Crippen MR) is 270 cm³/mol. The fraction of sp³-hybridized carbons (Fsp3) is 0. The summed E-state index contributed by atoms with van der Waals surface area (Å²) in [6.45, 7) is 0. The van der Waals surface area contributed by atoms with E-state index in [9.17, 15) is 0 Å². The van der Waals surface area contributed by atoms with E-state index in [1.165, 1.54) is 86.6 Å². The lowest BCUT2D eigenvalue weighted by Gasteiger charge is -2.34. The molecule has 63 heavy (non-hydrogen) atoms. The molecule has 0 saturated carbocycles. The average molecular weight is 819 g/mol. The van der Waals surface area contributed by atoms with Gasteiger partial charge >= 0.3 is 0 Å². The molecule has 12 rings (SSSR count). The van der Waals surface area contributed by atoms with E-state index < -0.39 is 8.07 Å². The van der Waals surface area contributed by atoms with Gasteiger partial charge in [0.15, 0.2) is 8.07 Å². The Morgan fingerprint density at radius 3 is 1.37 bits per heavy atom. The van der Waals surface area contributed by atoms with Gasteiger partial charge < -0.3 is 9.13 Å². The molecular weight excluding hydrogens is 777 g/mol. The molecule has 0 amide bonds. The van der Waals surface area contributed by atoms with Gasteiger partial charge in [0, 0.05) is 32.9 Å². The van der Waals surface area contributed by atoms with Crippen LogP contribution in [0.1, 0.15) is 0 Å². The maximum Gasteiger partial charge on any atom is 0.179 e. The first-order chi connectivity index (χ1) is 31.3. The molecule has 3 heteroatoms. The molecule has 0 radical (unpaired) electrons. The Bertz CT molecular complexity index is 3500. The third-order valence-electron chi connectivity index (χ3n) is 13.1. The van der Waals surface area contributed by atoms with Gasteiger partial charge in [-0.15, -0.1) is 0 Å². The number of aromatic nitrogens is 2. The molecule has 0 atom stereocenters. The van der Waals surface area contributed by atoms with E-state index in [-0.39, 0.29) is 0 Å². The molecule has 0 saturated heterocycles. The highest BCUT2D eigenvalue weighted by molar-refractivity contribution is 7.20. The zero-order valence-corrected chi connectivity index (χ0v) is 35.6. The minimum absolute atomic E-state index is 1.14. The Balaban J connectivity index is 1.17. The van der Waals surface area contributed by atoms with Gasteiger partial charge in [-0.1, -0.05) is 206 Å². The topological polar surface area (TPSA) is 9.86 Å². The van der Waals surface area contributed by atoms with Crippen LogP contribution in [-0.4, -0.2) is 17.2 Å². The fourth-order valence-corrected chi connectivity index (χ4v) is 15.1. The van der Waals surface area contributed by atoms with Gasteiger partial charge in [-0.25, -0.2) is 0 Å². The van der Waals surface area contributed by atoms with E-state index in [1.807, 2.05) is 0 Å². The number of nitrogens with zero attached hydrogens (tertiary/aromatic N) is 2. The van der Waals surface area contributed by atoms with Crippen LogP contribution in [0, 0.1) is 0 Å². The molecule has 0 aliphatic carbocycles. The lowest BCUT2D eigenvalue weighted by atomic mass is 9.99. The molecule has 0 bridgehead atoms. The zero-order valence-electron chi connectivity index (χ0n) is 34.6. The minimum atomic E-state index is -2.82. The van der Waals surface area contributed by atoms with Crippen molar-refractivity contribution in [2.45, 2.75) is 0 Å². The van der Waals surface area contributed by atoms with Crippen molar-refractivity contribution in [3.63, 3.8) is 0 Å². The molecule has 0 N–H and O–H groups in total. The van der Waals surface area contributed by atoms with Gasteiger partial charge in [0.25, 0.3) is 0 Å². The lowest BCUT2D eigenvalue weighted by Crippen LogP contribution is -2.74. The largest absolute Gasteiger partial charge is 0.309 e. The Morgan fingerprint density at radius 2 is 0.714 bits per heavy atom. The number of benzene rings is 10. The van der Waals surface area contributed by atoms with Crippen molar-refractivity contribution in [2.75, 3.05) is 0 Å². The van der Waals surface area contributed by atoms with Crippen LogP contribution in [0.3, 0.4) is 0 Å². The number of para-hydroxylation sites is 1. The van der Waals surface area contributed by atoms with Gasteiger partial charge in [0.1, 0.15) is 0 Å². The second-order valence-electron chi connectivity index (χ2n) is 16.5. The molecule has 12 aromatic rings. The minimum Gasteiger partial charge on any atom is -0.309 e. The molecule has 0 spiro atoms. The fourth-order valence-electron chi connectivity index (χ4n) is 10.3. The van der Waals surface area contributed by atoms with E-state index in [1.54, 1.807) is 0 Å². The van der Waals surface area contributed by atoms with Gasteiger partial charge in [-0.05, 0) is 91.5 Å². The van der Waals surface area contributed by atoms with Gasteiger partial charge in [0.2, 0.25) is 0 Å². The van der Waals surface area contributed by atoms with Crippen molar-refractivity contribution >= 4 is 72.4 Å². The number of hydrogen-bond donors (Lipinski definition) is 0. The SMILES string of the molecule is c1ccc(-c2cccc(-n3c4ccc(-n5c6ccccc6c6c(-c7ccccc7)cccc65)cc4c4cc([Si](c5ccccc5)(c5ccccc5)c5ccccc5)ccc43)c2)cc1. The maximum atomic E-state index is 2.54. The van der Waals surface area contributed by atoms with Crippen LogP contribution >= 0.6 is 0 Å². The molecule has 2 heterocycles. The van der Waals surface area contributed by atoms with Crippen LogP contribution in [0.2, 0.25) is 0 Å². The highest BCUT2D eigenvalue weighted by Gasteiger charge is 2.41. The highest BCUT2D eigenvalue weighted by Crippen LogP contribution is 2.40. The first-order valence-electron chi connectivity index (χ1n) is 21.8. The summed E-state index contributed by atoms with van der Waals surface area (Å²) in [7, 11) is -2.82. The molecular formula is C60H42N2Si. The lowest BCUT2D eigenvalue weighted by molar-refractivity contribution is 1.17. The summed E-state index contributed by atoms with van der Waals surface area (Å²) < 4.78 is 4.94. The van der Waals surface area contributed by atoms with Crippen LogP contribution in [0.5, 0.6) is 0 Å². The Morgan fingerprint density at radius 1 is 0.254 bits per heavy atom. The molecule has 296 valence electrons. The number of rotatable bonds is 8. The summed E-state index contributed by atoms with van der Waals surface area (Å²) in [4.78, 5) is 0.